The summed E-state index contributed by atoms with van der Waals surface area (Å²) in [4.78, 5) is 14.8. The predicted octanol–water partition coefficient (Wildman–Crippen LogP) is 4.59. The SMILES string of the molecule is C=CCOc1cccc(/C=C/C23NC(=O)CCN2c2ccc(C)cc2C3(C)C)c1. The van der Waals surface area contributed by atoms with E-state index in [-0.39, 0.29) is 11.3 Å². The Morgan fingerprint density at radius 3 is 2.86 bits per heavy atom. The zero-order valence-corrected chi connectivity index (χ0v) is 17.4. The first-order chi connectivity index (χ1) is 13.9. The summed E-state index contributed by atoms with van der Waals surface area (Å²) < 4.78 is 5.66. The fraction of sp³-hybridized carbons (Fsp3) is 0.320. The number of aryl methyl sites for hydroxylation is 1. The Kier molecular flexibility index (Phi) is 4.73. The molecular weight excluding hydrogens is 360 g/mol. The van der Waals surface area contributed by atoms with Crippen LogP contribution in [0.15, 0.2) is 61.2 Å². The molecular formula is C25H28N2O2. The van der Waals surface area contributed by atoms with Gasteiger partial charge in [-0.3, -0.25) is 4.79 Å². The third-order valence-corrected chi connectivity index (χ3v) is 6.13. The Labute approximate surface area is 172 Å². The molecule has 0 saturated carbocycles. The summed E-state index contributed by atoms with van der Waals surface area (Å²) >= 11 is 0. The van der Waals surface area contributed by atoms with Crippen LogP contribution in [0.3, 0.4) is 0 Å². The van der Waals surface area contributed by atoms with Gasteiger partial charge < -0.3 is 15.0 Å². The van der Waals surface area contributed by atoms with Crippen LogP contribution in [0.5, 0.6) is 5.75 Å². The molecule has 4 nitrogen and oxygen atoms in total. The predicted molar refractivity (Wildman–Crippen MR) is 118 cm³/mol. The molecule has 2 aliphatic heterocycles. The smallest absolute Gasteiger partial charge is 0.223 e. The highest BCUT2D eigenvalue weighted by Gasteiger charge is 2.57. The average Bonchev–Trinajstić information content (AvgIpc) is 2.89. The molecule has 4 rings (SSSR count). The fourth-order valence-corrected chi connectivity index (χ4v) is 4.55. The number of hydrogen-bond acceptors (Lipinski definition) is 3. The number of benzene rings is 2. The third kappa shape index (κ3) is 3.13. The molecule has 0 aliphatic carbocycles. The van der Waals surface area contributed by atoms with Gasteiger partial charge in [-0.2, -0.15) is 0 Å². The normalized spacial score (nSPS) is 22.2. The van der Waals surface area contributed by atoms with E-state index in [1.54, 1.807) is 6.08 Å². The summed E-state index contributed by atoms with van der Waals surface area (Å²) in [6.45, 7) is 11.4. The van der Waals surface area contributed by atoms with Crippen molar-refractivity contribution >= 4 is 17.7 Å². The number of carbonyl (C=O) groups excluding carboxylic acids is 1. The van der Waals surface area contributed by atoms with E-state index in [0.29, 0.717) is 19.6 Å². The molecule has 0 aromatic heterocycles. The lowest BCUT2D eigenvalue weighted by Gasteiger charge is -2.49. The molecule has 150 valence electrons. The Morgan fingerprint density at radius 1 is 1.24 bits per heavy atom. The first-order valence-electron chi connectivity index (χ1n) is 10.1. The highest BCUT2D eigenvalue weighted by molar-refractivity contribution is 5.84. The molecule has 29 heavy (non-hydrogen) atoms. The molecule has 1 saturated heterocycles. The highest BCUT2D eigenvalue weighted by Crippen LogP contribution is 2.52. The Bertz CT molecular complexity index is 992. The molecule has 0 spiro atoms. The van der Waals surface area contributed by atoms with Crippen LogP contribution < -0.4 is 15.0 Å². The van der Waals surface area contributed by atoms with Gasteiger partial charge in [-0.1, -0.05) is 62.4 Å². The van der Waals surface area contributed by atoms with E-state index in [2.05, 4.69) is 67.9 Å². The molecule has 1 amide bonds. The van der Waals surface area contributed by atoms with Crippen LogP contribution in [0, 0.1) is 6.92 Å². The van der Waals surface area contributed by atoms with E-state index in [1.807, 2.05) is 24.3 Å². The molecule has 0 radical (unpaired) electrons. The lowest BCUT2D eigenvalue weighted by Crippen LogP contribution is -2.68. The average molecular weight is 389 g/mol. The molecule has 4 heteroatoms. The van der Waals surface area contributed by atoms with Gasteiger partial charge in [0.2, 0.25) is 5.91 Å². The van der Waals surface area contributed by atoms with Crippen molar-refractivity contribution in [3.63, 3.8) is 0 Å². The van der Waals surface area contributed by atoms with Crippen LogP contribution in [0.1, 0.15) is 37.0 Å². The van der Waals surface area contributed by atoms with Gasteiger partial charge >= 0.3 is 0 Å². The number of rotatable bonds is 5. The van der Waals surface area contributed by atoms with Gasteiger partial charge in [0.05, 0.1) is 0 Å². The minimum Gasteiger partial charge on any atom is -0.490 e. The first-order valence-corrected chi connectivity index (χ1v) is 10.1. The lowest BCUT2D eigenvalue weighted by atomic mass is 9.74. The van der Waals surface area contributed by atoms with Gasteiger partial charge in [-0.05, 0) is 42.3 Å². The van der Waals surface area contributed by atoms with Crippen molar-refractivity contribution in [2.24, 2.45) is 0 Å². The van der Waals surface area contributed by atoms with E-state index < -0.39 is 5.66 Å². The van der Waals surface area contributed by atoms with Crippen LogP contribution >= 0.6 is 0 Å². The largest absolute Gasteiger partial charge is 0.490 e. The minimum atomic E-state index is -0.601. The summed E-state index contributed by atoms with van der Waals surface area (Å²) in [5, 5.41) is 3.32. The molecule has 2 aromatic carbocycles. The fourth-order valence-electron chi connectivity index (χ4n) is 4.55. The van der Waals surface area contributed by atoms with Crippen LogP contribution in [-0.2, 0) is 10.2 Å². The Morgan fingerprint density at radius 2 is 2.07 bits per heavy atom. The number of ether oxygens (including phenoxy) is 1. The van der Waals surface area contributed by atoms with E-state index in [0.717, 1.165) is 11.3 Å². The summed E-state index contributed by atoms with van der Waals surface area (Å²) in [5.41, 5.74) is 3.85. The Hall–Kier alpha value is -3.01. The quantitative estimate of drug-likeness (QED) is 0.762. The van der Waals surface area contributed by atoms with Crippen LogP contribution in [0.25, 0.3) is 6.08 Å². The number of fused-ring (bicyclic) bond motifs is 3. The topological polar surface area (TPSA) is 41.6 Å². The second-order valence-corrected chi connectivity index (χ2v) is 8.37. The van der Waals surface area contributed by atoms with E-state index in [9.17, 15) is 4.79 Å². The molecule has 1 N–H and O–H groups in total. The number of carbonyl (C=O) groups is 1. The van der Waals surface area contributed by atoms with Crippen molar-refractivity contribution in [1.29, 1.82) is 0 Å². The van der Waals surface area contributed by atoms with Crippen LogP contribution in [0.2, 0.25) is 0 Å². The van der Waals surface area contributed by atoms with Gasteiger partial charge in [0.15, 0.2) is 0 Å². The summed E-state index contributed by atoms with van der Waals surface area (Å²) in [6, 6.07) is 14.5. The molecule has 2 heterocycles. The van der Waals surface area contributed by atoms with Crippen LogP contribution in [0.4, 0.5) is 5.69 Å². The van der Waals surface area contributed by atoms with Crippen molar-refractivity contribution in [1.82, 2.24) is 5.32 Å². The minimum absolute atomic E-state index is 0.0894. The maximum Gasteiger partial charge on any atom is 0.223 e. The Balaban J connectivity index is 1.76. The molecule has 1 atom stereocenters. The van der Waals surface area contributed by atoms with Crippen molar-refractivity contribution in [2.75, 3.05) is 18.1 Å². The third-order valence-electron chi connectivity index (χ3n) is 6.13. The molecule has 1 fully saturated rings. The van der Waals surface area contributed by atoms with Gasteiger partial charge in [-0.15, -0.1) is 0 Å². The van der Waals surface area contributed by atoms with Crippen molar-refractivity contribution in [3.8, 4) is 5.75 Å². The standard InChI is InChI=1S/C25H28N2O2/c1-5-15-29-20-8-6-7-19(17-20)11-13-25-24(3,4)21-16-18(2)9-10-22(21)27(25)14-12-23(28)26-25/h5-11,13,16-17H,1,12,14-15H2,2-4H3,(H,26,28)/b13-11+. The summed E-state index contributed by atoms with van der Waals surface area (Å²) in [5.74, 6) is 0.894. The van der Waals surface area contributed by atoms with Gasteiger partial charge in [-0.25, -0.2) is 0 Å². The summed E-state index contributed by atoms with van der Waals surface area (Å²) in [6.07, 6.45) is 6.47. The van der Waals surface area contributed by atoms with Gasteiger partial charge in [0.25, 0.3) is 0 Å². The highest BCUT2D eigenvalue weighted by atomic mass is 16.5. The van der Waals surface area contributed by atoms with Gasteiger partial charge in [0.1, 0.15) is 18.0 Å². The van der Waals surface area contributed by atoms with Crippen LogP contribution in [-0.4, -0.2) is 24.7 Å². The molecule has 2 aromatic rings. The summed E-state index contributed by atoms with van der Waals surface area (Å²) in [7, 11) is 0. The number of hydrogen-bond donors (Lipinski definition) is 1. The maximum absolute atomic E-state index is 12.5. The lowest BCUT2D eigenvalue weighted by molar-refractivity contribution is -0.124. The number of nitrogens with one attached hydrogen (secondary N) is 1. The second kappa shape index (κ2) is 7.11. The molecule has 2 aliphatic rings. The number of amides is 1. The molecule has 1 unspecified atom stereocenters. The maximum atomic E-state index is 12.5. The molecule has 0 bridgehead atoms. The second-order valence-electron chi connectivity index (χ2n) is 8.37. The van der Waals surface area contributed by atoms with E-state index in [4.69, 9.17) is 4.74 Å². The van der Waals surface area contributed by atoms with Crippen molar-refractivity contribution in [2.45, 2.75) is 38.3 Å². The number of nitrogens with zero attached hydrogens (tertiary/aromatic N) is 1. The van der Waals surface area contributed by atoms with Gasteiger partial charge in [0, 0.05) is 24.1 Å². The zero-order valence-electron chi connectivity index (χ0n) is 17.4. The van der Waals surface area contributed by atoms with Crippen molar-refractivity contribution in [3.05, 3.63) is 77.9 Å². The van der Waals surface area contributed by atoms with E-state index >= 15 is 0 Å². The monoisotopic (exact) mass is 388 g/mol. The zero-order chi connectivity index (χ0) is 20.6. The van der Waals surface area contributed by atoms with Crippen molar-refractivity contribution < 1.29 is 9.53 Å². The number of anilines is 1. The first kappa shape index (κ1) is 19.3. The van der Waals surface area contributed by atoms with E-state index in [1.165, 1.54) is 16.8 Å².